The number of nitrogens with zero attached hydrogens (tertiary/aromatic N) is 2. The van der Waals surface area contributed by atoms with Gasteiger partial charge in [-0.05, 0) is 29.3 Å². The zero-order valence-electron chi connectivity index (χ0n) is 10.8. The summed E-state index contributed by atoms with van der Waals surface area (Å²) in [5, 5.41) is 3.61. The third-order valence-corrected chi connectivity index (χ3v) is 3.58. The molecule has 0 spiro atoms. The van der Waals surface area contributed by atoms with Gasteiger partial charge in [0.25, 0.3) is 0 Å². The molecule has 5 heteroatoms. The number of urea groups is 1. The van der Waals surface area contributed by atoms with Crippen LogP contribution in [0.4, 0.5) is 4.79 Å². The van der Waals surface area contributed by atoms with Crippen molar-refractivity contribution in [3.63, 3.8) is 0 Å². The number of carbonyl (C=O) groups excluding carboxylic acids is 1. The topological polar surface area (TPSA) is 45.2 Å². The van der Waals surface area contributed by atoms with Crippen LogP contribution in [0.2, 0.25) is 5.02 Å². The number of hydrogen-bond donors (Lipinski definition) is 1. The molecule has 1 N–H and O–H groups in total. The highest BCUT2D eigenvalue weighted by Crippen LogP contribution is 2.20. The quantitative estimate of drug-likeness (QED) is 0.923. The van der Waals surface area contributed by atoms with Crippen LogP contribution in [0.25, 0.3) is 0 Å². The predicted molar refractivity (Wildman–Crippen MR) is 77.2 cm³/mol. The molecule has 102 valence electrons. The van der Waals surface area contributed by atoms with Crippen molar-refractivity contribution in [3.8, 4) is 0 Å². The monoisotopic (exact) mass is 287 g/mol. The molecule has 1 aliphatic heterocycles. The first-order chi connectivity index (χ1) is 9.72. The van der Waals surface area contributed by atoms with Gasteiger partial charge in [-0.3, -0.25) is 4.98 Å². The molecule has 3 rings (SSSR count). The molecule has 0 radical (unpaired) electrons. The van der Waals surface area contributed by atoms with Gasteiger partial charge in [-0.25, -0.2) is 4.79 Å². The molecular weight excluding hydrogens is 274 g/mol. The minimum absolute atomic E-state index is 0.0713. The molecule has 1 aromatic carbocycles. The summed E-state index contributed by atoms with van der Waals surface area (Å²) in [6.07, 6.45) is 1.76. The highest BCUT2D eigenvalue weighted by atomic mass is 35.5. The van der Waals surface area contributed by atoms with Crippen LogP contribution in [0.15, 0.2) is 42.6 Å². The van der Waals surface area contributed by atoms with Crippen LogP contribution >= 0.6 is 11.6 Å². The highest BCUT2D eigenvalue weighted by Gasteiger charge is 2.23. The first kappa shape index (κ1) is 12.9. The zero-order chi connectivity index (χ0) is 13.9. The fraction of sp³-hybridized carbons (Fsp3) is 0.200. The fourth-order valence-corrected chi connectivity index (χ4v) is 2.36. The maximum Gasteiger partial charge on any atom is 0.318 e. The van der Waals surface area contributed by atoms with Crippen molar-refractivity contribution in [2.24, 2.45) is 0 Å². The largest absolute Gasteiger partial charge is 0.334 e. The average Bonchev–Trinajstić information content (AvgIpc) is 2.90. The first-order valence-electron chi connectivity index (χ1n) is 6.42. The second kappa shape index (κ2) is 5.51. The summed E-state index contributed by atoms with van der Waals surface area (Å²) in [6.45, 7) is 1.69. The van der Waals surface area contributed by atoms with Crippen molar-refractivity contribution in [2.75, 3.05) is 0 Å². The molecule has 0 saturated carbocycles. The molecule has 0 aliphatic carbocycles. The normalized spacial score (nSPS) is 13.2. The lowest BCUT2D eigenvalue weighted by Gasteiger charge is -2.16. The molecule has 2 amide bonds. The Morgan fingerprint density at radius 2 is 2.05 bits per heavy atom. The number of carbonyl (C=O) groups is 1. The first-order valence-corrected chi connectivity index (χ1v) is 6.80. The second-order valence-corrected chi connectivity index (χ2v) is 5.19. The van der Waals surface area contributed by atoms with Crippen LogP contribution in [-0.4, -0.2) is 15.9 Å². The molecule has 2 aromatic rings. The van der Waals surface area contributed by atoms with Crippen molar-refractivity contribution in [3.05, 3.63) is 64.4 Å². The van der Waals surface area contributed by atoms with Crippen LogP contribution < -0.4 is 5.32 Å². The highest BCUT2D eigenvalue weighted by molar-refractivity contribution is 6.30. The van der Waals surface area contributed by atoms with E-state index in [1.165, 1.54) is 0 Å². The molecule has 0 unspecified atom stereocenters. The van der Waals surface area contributed by atoms with Crippen LogP contribution in [0.3, 0.4) is 0 Å². The lowest BCUT2D eigenvalue weighted by atomic mass is 10.2. The number of hydrogen-bond acceptors (Lipinski definition) is 2. The van der Waals surface area contributed by atoms with Gasteiger partial charge in [-0.2, -0.15) is 0 Å². The van der Waals surface area contributed by atoms with Crippen LogP contribution in [0.1, 0.15) is 16.8 Å². The van der Waals surface area contributed by atoms with Crippen molar-refractivity contribution in [1.82, 2.24) is 15.2 Å². The van der Waals surface area contributed by atoms with Gasteiger partial charge in [0.2, 0.25) is 0 Å². The Labute approximate surface area is 122 Å². The lowest BCUT2D eigenvalue weighted by Crippen LogP contribution is -2.36. The Morgan fingerprint density at radius 3 is 2.80 bits per heavy atom. The lowest BCUT2D eigenvalue weighted by molar-refractivity contribution is 0.197. The second-order valence-electron chi connectivity index (χ2n) is 4.75. The Morgan fingerprint density at radius 1 is 1.25 bits per heavy atom. The number of amides is 2. The Bertz CT molecular complexity index is 602. The summed E-state index contributed by atoms with van der Waals surface area (Å²) in [6, 6.07) is 11.3. The van der Waals surface area contributed by atoms with Crippen molar-refractivity contribution in [1.29, 1.82) is 0 Å². The molecule has 2 heterocycles. The number of benzene rings is 1. The summed E-state index contributed by atoms with van der Waals surface area (Å²) in [4.78, 5) is 18.2. The van der Waals surface area contributed by atoms with E-state index >= 15 is 0 Å². The van der Waals surface area contributed by atoms with Crippen LogP contribution in [-0.2, 0) is 19.6 Å². The SMILES string of the molecule is O=C(NCc1ccc(Cl)cc1)N1Cc2cccnc2C1. The summed E-state index contributed by atoms with van der Waals surface area (Å²) >= 11 is 5.83. The third-order valence-electron chi connectivity index (χ3n) is 3.33. The maximum absolute atomic E-state index is 12.1. The smallest absolute Gasteiger partial charge is 0.318 e. The van der Waals surface area contributed by atoms with Gasteiger partial charge in [0.1, 0.15) is 0 Å². The number of nitrogens with one attached hydrogen (secondary N) is 1. The summed E-state index contributed by atoms with van der Waals surface area (Å²) in [5.74, 6) is 0. The van der Waals surface area contributed by atoms with Gasteiger partial charge in [-0.15, -0.1) is 0 Å². The number of pyridine rings is 1. The number of rotatable bonds is 2. The molecule has 20 heavy (non-hydrogen) atoms. The fourth-order valence-electron chi connectivity index (χ4n) is 2.24. The number of halogens is 1. The molecule has 4 nitrogen and oxygen atoms in total. The summed E-state index contributed by atoms with van der Waals surface area (Å²) < 4.78 is 0. The molecule has 0 atom stereocenters. The third kappa shape index (κ3) is 2.75. The van der Waals surface area contributed by atoms with E-state index in [1.807, 2.05) is 36.4 Å². The van der Waals surface area contributed by atoms with E-state index in [4.69, 9.17) is 11.6 Å². The van der Waals surface area contributed by atoms with Gasteiger partial charge in [-0.1, -0.05) is 29.8 Å². The Hall–Kier alpha value is -2.07. The minimum atomic E-state index is -0.0713. The van der Waals surface area contributed by atoms with E-state index in [2.05, 4.69) is 10.3 Å². The summed E-state index contributed by atoms with van der Waals surface area (Å²) in [7, 11) is 0. The Kier molecular flexibility index (Phi) is 3.56. The average molecular weight is 288 g/mol. The van der Waals surface area contributed by atoms with Gasteiger partial charge >= 0.3 is 6.03 Å². The van der Waals surface area contributed by atoms with Gasteiger partial charge in [0.05, 0.1) is 12.2 Å². The van der Waals surface area contributed by atoms with E-state index in [1.54, 1.807) is 11.1 Å². The van der Waals surface area contributed by atoms with Gasteiger partial charge in [0, 0.05) is 24.3 Å². The Balaban J connectivity index is 1.57. The van der Waals surface area contributed by atoms with Crippen LogP contribution in [0, 0.1) is 0 Å². The predicted octanol–water partition coefficient (Wildman–Crippen LogP) is 2.96. The van der Waals surface area contributed by atoms with E-state index < -0.39 is 0 Å². The summed E-state index contributed by atoms with van der Waals surface area (Å²) in [5.41, 5.74) is 3.13. The maximum atomic E-state index is 12.1. The molecule has 0 saturated heterocycles. The minimum Gasteiger partial charge on any atom is -0.334 e. The van der Waals surface area contributed by atoms with Gasteiger partial charge < -0.3 is 10.2 Å². The number of aromatic nitrogens is 1. The van der Waals surface area contributed by atoms with E-state index in [-0.39, 0.29) is 6.03 Å². The van der Waals surface area contributed by atoms with Crippen molar-refractivity contribution >= 4 is 17.6 Å². The zero-order valence-corrected chi connectivity index (χ0v) is 11.6. The molecule has 1 aliphatic rings. The van der Waals surface area contributed by atoms with Crippen LogP contribution in [0.5, 0.6) is 0 Å². The molecular formula is C15H14ClN3O. The van der Waals surface area contributed by atoms with Crippen molar-refractivity contribution in [2.45, 2.75) is 19.6 Å². The van der Waals surface area contributed by atoms with Crippen molar-refractivity contribution < 1.29 is 4.79 Å². The number of fused-ring (bicyclic) bond motifs is 1. The van der Waals surface area contributed by atoms with E-state index in [0.29, 0.717) is 24.7 Å². The van der Waals surface area contributed by atoms with E-state index in [0.717, 1.165) is 16.8 Å². The molecule has 0 bridgehead atoms. The standard InChI is InChI=1S/C15H14ClN3O/c16-13-5-3-11(4-6-13)8-18-15(20)19-9-12-2-1-7-17-14(12)10-19/h1-7H,8-10H2,(H,18,20). The van der Waals surface area contributed by atoms with Gasteiger partial charge in [0.15, 0.2) is 0 Å². The molecule has 1 aromatic heterocycles. The molecule has 0 fully saturated rings. The van der Waals surface area contributed by atoms with E-state index in [9.17, 15) is 4.79 Å².